The Bertz CT molecular complexity index is 555. The predicted molar refractivity (Wildman–Crippen MR) is 68.4 cm³/mol. The van der Waals surface area contributed by atoms with Crippen molar-refractivity contribution in [2.75, 3.05) is 5.32 Å². The van der Waals surface area contributed by atoms with Crippen molar-refractivity contribution < 1.29 is 0 Å². The fraction of sp³-hybridized carbons (Fsp3) is 0.200. The van der Waals surface area contributed by atoms with Crippen LogP contribution in [0.25, 0.3) is 0 Å². The van der Waals surface area contributed by atoms with Gasteiger partial charge in [-0.15, -0.1) is 0 Å². The average molecular weight is 209 g/mol. The van der Waals surface area contributed by atoms with Crippen LogP contribution in [0.3, 0.4) is 0 Å². The van der Waals surface area contributed by atoms with Crippen LogP contribution < -0.4 is 5.32 Å². The predicted octanol–water partition coefficient (Wildman–Crippen LogP) is 3.95. The van der Waals surface area contributed by atoms with Gasteiger partial charge in [0.2, 0.25) is 0 Å². The molecule has 1 heterocycles. The molecule has 0 atom stereocenters. The highest BCUT2D eigenvalue weighted by atomic mass is 14.9. The van der Waals surface area contributed by atoms with E-state index in [2.05, 4.69) is 55.6 Å². The monoisotopic (exact) mass is 209 g/mol. The fourth-order valence-corrected chi connectivity index (χ4v) is 2.36. The van der Waals surface area contributed by atoms with Gasteiger partial charge in [0.1, 0.15) is 0 Å². The second-order valence-electron chi connectivity index (χ2n) is 4.57. The summed E-state index contributed by atoms with van der Waals surface area (Å²) in [6.45, 7) is 4.29. The molecule has 0 radical (unpaired) electrons. The molecule has 1 aliphatic rings. The Morgan fingerprint density at radius 1 is 1.00 bits per heavy atom. The summed E-state index contributed by atoms with van der Waals surface area (Å²) in [5.41, 5.74) is 7.98. The van der Waals surface area contributed by atoms with Crippen molar-refractivity contribution >= 4 is 11.4 Å². The lowest BCUT2D eigenvalue weighted by Crippen LogP contribution is -2.08. The summed E-state index contributed by atoms with van der Waals surface area (Å²) in [6, 6.07) is 13.1. The fourth-order valence-electron chi connectivity index (χ4n) is 2.36. The van der Waals surface area contributed by atoms with Crippen LogP contribution >= 0.6 is 0 Å². The number of para-hydroxylation sites is 1. The van der Waals surface area contributed by atoms with E-state index in [1.165, 1.54) is 33.6 Å². The Morgan fingerprint density at radius 2 is 1.88 bits per heavy atom. The van der Waals surface area contributed by atoms with Crippen molar-refractivity contribution in [3.63, 3.8) is 0 Å². The highest BCUT2D eigenvalue weighted by Crippen LogP contribution is 2.34. The van der Waals surface area contributed by atoms with Crippen LogP contribution in [0.5, 0.6) is 0 Å². The number of aryl methyl sites for hydroxylation is 2. The van der Waals surface area contributed by atoms with Gasteiger partial charge in [0.25, 0.3) is 0 Å². The number of rotatable bonds is 0. The van der Waals surface area contributed by atoms with Gasteiger partial charge in [0, 0.05) is 17.8 Å². The Labute approximate surface area is 96.1 Å². The molecule has 0 unspecified atom stereocenters. The van der Waals surface area contributed by atoms with Crippen LogP contribution in [0, 0.1) is 13.8 Å². The Hall–Kier alpha value is -1.76. The van der Waals surface area contributed by atoms with Gasteiger partial charge in [-0.1, -0.05) is 30.3 Å². The van der Waals surface area contributed by atoms with Gasteiger partial charge in [0.05, 0.1) is 0 Å². The second kappa shape index (κ2) is 3.38. The molecule has 2 aromatic rings. The van der Waals surface area contributed by atoms with Crippen LogP contribution in [-0.4, -0.2) is 0 Å². The summed E-state index contributed by atoms with van der Waals surface area (Å²) in [5.74, 6) is 0. The molecule has 1 aliphatic heterocycles. The molecule has 2 aromatic carbocycles. The zero-order chi connectivity index (χ0) is 11.1. The lowest BCUT2D eigenvalue weighted by atomic mass is 9.94. The molecule has 0 aliphatic carbocycles. The SMILES string of the molecule is Cc1ccc2c(c1)Nc1c(C)cccc1C2. The lowest BCUT2D eigenvalue weighted by molar-refractivity contribution is 1.14. The van der Waals surface area contributed by atoms with Crippen molar-refractivity contribution in [2.24, 2.45) is 0 Å². The van der Waals surface area contributed by atoms with Crippen LogP contribution in [-0.2, 0) is 6.42 Å². The summed E-state index contributed by atoms with van der Waals surface area (Å²) in [7, 11) is 0. The smallest absolute Gasteiger partial charge is 0.0449 e. The summed E-state index contributed by atoms with van der Waals surface area (Å²) in [4.78, 5) is 0. The number of hydrogen-bond donors (Lipinski definition) is 1. The summed E-state index contributed by atoms with van der Waals surface area (Å²) in [5, 5.41) is 3.55. The van der Waals surface area contributed by atoms with Gasteiger partial charge in [-0.2, -0.15) is 0 Å². The number of hydrogen-bond acceptors (Lipinski definition) is 1. The molecule has 1 N–H and O–H groups in total. The number of benzene rings is 2. The first kappa shape index (κ1) is 9.46. The molecule has 0 saturated carbocycles. The van der Waals surface area contributed by atoms with Crippen molar-refractivity contribution in [1.82, 2.24) is 0 Å². The van der Waals surface area contributed by atoms with Crippen molar-refractivity contribution in [3.8, 4) is 0 Å². The summed E-state index contributed by atoms with van der Waals surface area (Å²) >= 11 is 0. The third-order valence-electron chi connectivity index (χ3n) is 3.27. The maximum absolute atomic E-state index is 3.55. The van der Waals surface area contributed by atoms with Crippen LogP contribution in [0.2, 0.25) is 0 Å². The van der Waals surface area contributed by atoms with E-state index >= 15 is 0 Å². The zero-order valence-corrected chi connectivity index (χ0v) is 9.67. The molecule has 0 bridgehead atoms. The number of fused-ring (bicyclic) bond motifs is 2. The molecule has 0 aromatic heterocycles. The maximum Gasteiger partial charge on any atom is 0.0449 e. The third kappa shape index (κ3) is 1.40. The molecular weight excluding hydrogens is 194 g/mol. The molecule has 1 heteroatoms. The van der Waals surface area contributed by atoms with E-state index in [-0.39, 0.29) is 0 Å². The highest BCUT2D eigenvalue weighted by molar-refractivity contribution is 5.74. The molecular formula is C15H15N. The zero-order valence-electron chi connectivity index (χ0n) is 9.67. The van der Waals surface area contributed by atoms with E-state index in [0.717, 1.165) is 6.42 Å². The maximum atomic E-state index is 3.55. The number of anilines is 2. The van der Waals surface area contributed by atoms with Crippen molar-refractivity contribution in [2.45, 2.75) is 20.3 Å². The van der Waals surface area contributed by atoms with E-state index in [1.54, 1.807) is 0 Å². The Balaban J connectivity index is 2.13. The summed E-state index contributed by atoms with van der Waals surface area (Å²) in [6.07, 6.45) is 1.04. The topological polar surface area (TPSA) is 12.0 Å². The normalized spacial score (nSPS) is 12.6. The van der Waals surface area contributed by atoms with Gasteiger partial charge in [0.15, 0.2) is 0 Å². The van der Waals surface area contributed by atoms with Crippen molar-refractivity contribution in [3.05, 3.63) is 58.7 Å². The van der Waals surface area contributed by atoms with E-state index in [0.29, 0.717) is 0 Å². The van der Waals surface area contributed by atoms with Gasteiger partial charge in [-0.3, -0.25) is 0 Å². The molecule has 3 rings (SSSR count). The van der Waals surface area contributed by atoms with E-state index < -0.39 is 0 Å². The van der Waals surface area contributed by atoms with Gasteiger partial charge >= 0.3 is 0 Å². The van der Waals surface area contributed by atoms with E-state index in [4.69, 9.17) is 0 Å². The molecule has 0 fully saturated rings. The lowest BCUT2D eigenvalue weighted by Gasteiger charge is -2.23. The van der Waals surface area contributed by atoms with Crippen molar-refractivity contribution in [1.29, 1.82) is 0 Å². The summed E-state index contributed by atoms with van der Waals surface area (Å²) < 4.78 is 0. The molecule has 80 valence electrons. The van der Waals surface area contributed by atoms with Gasteiger partial charge < -0.3 is 5.32 Å². The minimum atomic E-state index is 1.04. The van der Waals surface area contributed by atoms with E-state index in [1.807, 2.05) is 0 Å². The first-order valence-corrected chi connectivity index (χ1v) is 5.69. The third-order valence-corrected chi connectivity index (χ3v) is 3.27. The minimum Gasteiger partial charge on any atom is -0.355 e. The van der Waals surface area contributed by atoms with Crippen LogP contribution in [0.1, 0.15) is 22.3 Å². The molecule has 0 saturated heterocycles. The van der Waals surface area contributed by atoms with Gasteiger partial charge in [-0.05, 0) is 42.2 Å². The minimum absolute atomic E-state index is 1.04. The standard InChI is InChI=1S/C15H15N/c1-10-6-7-12-9-13-5-3-4-11(2)15(13)16-14(12)8-10/h3-8,16H,9H2,1-2H3. The average Bonchev–Trinajstić information content (AvgIpc) is 2.28. The van der Waals surface area contributed by atoms with Crippen LogP contribution in [0.15, 0.2) is 36.4 Å². The Kier molecular flexibility index (Phi) is 2.00. The second-order valence-corrected chi connectivity index (χ2v) is 4.57. The molecule has 0 spiro atoms. The van der Waals surface area contributed by atoms with Crippen LogP contribution in [0.4, 0.5) is 11.4 Å². The highest BCUT2D eigenvalue weighted by Gasteiger charge is 2.15. The van der Waals surface area contributed by atoms with E-state index in [9.17, 15) is 0 Å². The first-order valence-electron chi connectivity index (χ1n) is 5.69. The Morgan fingerprint density at radius 3 is 2.75 bits per heavy atom. The molecule has 0 amide bonds. The molecule has 16 heavy (non-hydrogen) atoms. The quantitative estimate of drug-likeness (QED) is 0.591. The van der Waals surface area contributed by atoms with Gasteiger partial charge in [-0.25, -0.2) is 0 Å². The number of nitrogens with one attached hydrogen (secondary N) is 1. The largest absolute Gasteiger partial charge is 0.355 e. The molecule has 1 nitrogen and oxygen atoms in total. The first-order chi connectivity index (χ1) is 7.74.